The Labute approximate surface area is 372 Å². The van der Waals surface area contributed by atoms with Crippen molar-refractivity contribution in [1.82, 2.24) is 0 Å². The Bertz CT molecular complexity index is 3390. The van der Waals surface area contributed by atoms with Gasteiger partial charge in [0.2, 0.25) is 0 Å². The molecule has 0 saturated carbocycles. The highest BCUT2D eigenvalue weighted by Gasteiger charge is 2.46. The maximum atomic E-state index is 2.49. The first-order chi connectivity index (χ1) is 31.3. The maximum absolute atomic E-state index is 2.49. The minimum Gasteiger partial charge on any atom is -0.310 e. The molecule has 0 N–H and O–H groups in total. The second-order valence-electron chi connectivity index (χ2n) is 16.4. The first-order valence-corrected chi connectivity index (χ1v) is 22.5. The molecule has 0 atom stereocenters. The monoisotopic (exact) mass is 819 g/mol. The average Bonchev–Trinajstić information content (AvgIpc) is 3.89. The summed E-state index contributed by atoms with van der Waals surface area (Å²) in [5.41, 5.74) is 17.5. The predicted molar refractivity (Wildman–Crippen MR) is 268 cm³/mol. The normalized spacial score (nSPS) is 12.6. The molecule has 1 nitrogen and oxygen atoms in total. The first-order valence-electron chi connectivity index (χ1n) is 21.7. The van der Waals surface area contributed by atoms with E-state index in [-0.39, 0.29) is 0 Å². The number of benzene rings is 10. The summed E-state index contributed by atoms with van der Waals surface area (Å²) >= 11 is 1.88. The molecule has 11 aromatic rings. The third-order valence-electron chi connectivity index (χ3n) is 13.0. The molecule has 0 radical (unpaired) electrons. The Hall–Kier alpha value is -7.78. The summed E-state index contributed by atoms with van der Waals surface area (Å²) in [6.07, 6.45) is 0. The van der Waals surface area contributed by atoms with Gasteiger partial charge in [0.15, 0.2) is 0 Å². The minimum absolute atomic E-state index is 0.531. The van der Waals surface area contributed by atoms with Crippen molar-refractivity contribution in [2.24, 2.45) is 0 Å². The maximum Gasteiger partial charge on any atom is 0.0714 e. The number of nitrogens with zero attached hydrogens (tertiary/aromatic N) is 1. The van der Waals surface area contributed by atoms with Crippen LogP contribution >= 0.6 is 11.3 Å². The number of hydrogen-bond acceptors (Lipinski definition) is 2. The summed E-state index contributed by atoms with van der Waals surface area (Å²) in [5.74, 6) is 0. The second-order valence-corrected chi connectivity index (χ2v) is 17.4. The summed E-state index contributed by atoms with van der Waals surface area (Å²) < 4.78 is 2.64. The smallest absolute Gasteiger partial charge is 0.0714 e. The molecular formula is C61H41NS. The summed E-state index contributed by atoms with van der Waals surface area (Å²) in [6, 6.07) is 91.6. The van der Waals surface area contributed by atoms with Crippen molar-refractivity contribution in [3.8, 4) is 44.5 Å². The van der Waals surface area contributed by atoms with Crippen molar-refractivity contribution in [3.63, 3.8) is 0 Å². The van der Waals surface area contributed by atoms with Crippen molar-refractivity contribution >= 4 is 48.6 Å². The lowest BCUT2D eigenvalue weighted by atomic mass is 9.67. The van der Waals surface area contributed by atoms with Crippen molar-refractivity contribution in [3.05, 3.63) is 271 Å². The quantitative estimate of drug-likeness (QED) is 0.148. The van der Waals surface area contributed by atoms with Gasteiger partial charge in [-0.1, -0.05) is 212 Å². The van der Waals surface area contributed by atoms with Crippen LogP contribution in [0.15, 0.2) is 249 Å². The molecule has 2 heteroatoms. The van der Waals surface area contributed by atoms with Gasteiger partial charge in [-0.2, -0.15) is 0 Å². The van der Waals surface area contributed by atoms with Crippen LogP contribution in [0.5, 0.6) is 0 Å². The van der Waals surface area contributed by atoms with Gasteiger partial charge in [-0.15, -0.1) is 11.3 Å². The largest absolute Gasteiger partial charge is 0.310 e. The van der Waals surface area contributed by atoms with Gasteiger partial charge < -0.3 is 4.90 Å². The van der Waals surface area contributed by atoms with Gasteiger partial charge in [-0.05, 0) is 97.6 Å². The van der Waals surface area contributed by atoms with Crippen LogP contribution in [-0.2, 0) is 5.41 Å². The van der Waals surface area contributed by atoms with Gasteiger partial charge in [0.1, 0.15) is 0 Å². The van der Waals surface area contributed by atoms with Crippen molar-refractivity contribution < 1.29 is 0 Å². The number of anilines is 3. The second kappa shape index (κ2) is 15.3. The zero-order valence-corrected chi connectivity index (χ0v) is 35.3. The van der Waals surface area contributed by atoms with Gasteiger partial charge in [-0.3, -0.25) is 0 Å². The topological polar surface area (TPSA) is 3.24 Å². The van der Waals surface area contributed by atoms with Crippen LogP contribution in [0.4, 0.5) is 17.1 Å². The summed E-state index contributed by atoms with van der Waals surface area (Å²) in [7, 11) is 0. The van der Waals surface area contributed by atoms with Crippen LogP contribution in [-0.4, -0.2) is 0 Å². The highest BCUT2D eigenvalue weighted by atomic mass is 32.1. The third-order valence-corrected chi connectivity index (χ3v) is 14.2. The number of hydrogen-bond donors (Lipinski definition) is 0. The minimum atomic E-state index is -0.531. The fraction of sp³-hybridized carbons (Fsp3) is 0.0164. The summed E-state index contributed by atoms with van der Waals surface area (Å²) in [6.45, 7) is 0. The van der Waals surface area contributed by atoms with Crippen LogP contribution in [0.1, 0.15) is 22.3 Å². The summed E-state index contributed by atoms with van der Waals surface area (Å²) in [4.78, 5) is 2.49. The van der Waals surface area contributed by atoms with E-state index in [0.717, 1.165) is 22.6 Å². The van der Waals surface area contributed by atoms with Crippen LogP contribution in [0, 0.1) is 0 Å². The van der Waals surface area contributed by atoms with E-state index in [1.165, 1.54) is 81.4 Å². The Morgan fingerprint density at radius 2 is 0.841 bits per heavy atom. The third kappa shape index (κ3) is 6.06. The lowest BCUT2D eigenvalue weighted by Gasteiger charge is -2.35. The van der Waals surface area contributed by atoms with Crippen LogP contribution in [0.2, 0.25) is 0 Å². The molecule has 0 spiro atoms. The fourth-order valence-corrected chi connectivity index (χ4v) is 11.4. The van der Waals surface area contributed by atoms with E-state index in [2.05, 4.69) is 254 Å². The Morgan fingerprint density at radius 1 is 0.317 bits per heavy atom. The Morgan fingerprint density at radius 3 is 1.57 bits per heavy atom. The highest BCUT2D eigenvalue weighted by Crippen LogP contribution is 2.57. The van der Waals surface area contributed by atoms with E-state index in [9.17, 15) is 0 Å². The standard InChI is InChI=1S/C61H41NS/c1-5-18-42(19-6-1)45-34-38-50(43-20-7-2-8-21-43)58(40-45)62(48-35-32-44(33-36-48)51-28-17-29-55-54-27-14-16-31-59(54)63-60(51)55)49-37-39-53-52-26-13-15-30-56(52)61(57(53)41-49,46-22-9-3-10-23-46)47-24-11-4-12-25-47/h1-41H. The molecule has 0 saturated heterocycles. The lowest BCUT2D eigenvalue weighted by Crippen LogP contribution is -2.28. The molecule has 0 amide bonds. The molecule has 1 aliphatic rings. The molecule has 63 heavy (non-hydrogen) atoms. The summed E-state index contributed by atoms with van der Waals surface area (Å²) in [5, 5.41) is 2.62. The number of thiophene rings is 1. The fourth-order valence-electron chi connectivity index (χ4n) is 10.2. The average molecular weight is 820 g/mol. The molecule has 0 bridgehead atoms. The van der Waals surface area contributed by atoms with E-state index in [4.69, 9.17) is 0 Å². The van der Waals surface area contributed by atoms with Crippen molar-refractivity contribution in [2.45, 2.75) is 5.41 Å². The van der Waals surface area contributed by atoms with Gasteiger partial charge in [-0.25, -0.2) is 0 Å². The van der Waals surface area contributed by atoms with E-state index in [1.807, 2.05) is 11.3 Å². The molecular weight excluding hydrogens is 779 g/mol. The Kier molecular flexibility index (Phi) is 8.98. The zero-order chi connectivity index (χ0) is 41.7. The lowest BCUT2D eigenvalue weighted by molar-refractivity contribution is 0.768. The van der Waals surface area contributed by atoms with E-state index >= 15 is 0 Å². The van der Waals surface area contributed by atoms with Crippen LogP contribution in [0.25, 0.3) is 64.7 Å². The molecule has 1 aromatic heterocycles. The van der Waals surface area contributed by atoms with E-state index in [0.29, 0.717) is 0 Å². The molecule has 1 heterocycles. The van der Waals surface area contributed by atoms with E-state index < -0.39 is 5.41 Å². The molecule has 0 aliphatic heterocycles. The SMILES string of the molecule is c1ccc(-c2ccc(-c3ccccc3)c(N(c3ccc(-c4cccc5c4sc4ccccc45)cc3)c3ccc4c(c3)C(c3ccccc3)(c3ccccc3)c3ccccc3-4)c2)cc1. The van der Waals surface area contributed by atoms with Gasteiger partial charge in [0, 0.05) is 37.1 Å². The van der Waals surface area contributed by atoms with Gasteiger partial charge >= 0.3 is 0 Å². The number of fused-ring (bicyclic) bond motifs is 6. The van der Waals surface area contributed by atoms with E-state index in [1.54, 1.807) is 0 Å². The number of rotatable bonds is 8. The van der Waals surface area contributed by atoms with Gasteiger partial charge in [0.05, 0.1) is 11.1 Å². The van der Waals surface area contributed by atoms with Crippen molar-refractivity contribution in [1.29, 1.82) is 0 Å². The molecule has 0 fully saturated rings. The highest BCUT2D eigenvalue weighted by molar-refractivity contribution is 7.26. The Balaban J connectivity index is 1.11. The first kappa shape index (κ1) is 37.0. The molecule has 1 aliphatic carbocycles. The van der Waals surface area contributed by atoms with Crippen LogP contribution in [0.3, 0.4) is 0 Å². The van der Waals surface area contributed by atoms with Crippen molar-refractivity contribution in [2.75, 3.05) is 4.90 Å². The van der Waals surface area contributed by atoms with Crippen LogP contribution < -0.4 is 4.90 Å². The molecule has 12 rings (SSSR count). The molecule has 296 valence electrons. The van der Waals surface area contributed by atoms with Gasteiger partial charge in [0.25, 0.3) is 0 Å². The zero-order valence-electron chi connectivity index (χ0n) is 34.5. The molecule has 0 unspecified atom stereocenters. The predicted octanol–water partition coefficient (Wildman–Crippen LogP) is 16.9. The molecule has 10 aromatic carbocycles.